The van der Waals surface area contributed by atoms with Gasteiger partial charge in [0.1, 0.15) is 5.75 Å². The van der Waals surface area contributed by atoms with E-state index in [1.165, 1.54) is 0 Å². The topological polar surface area (TPSA) is 76.4 Å². The molecule has 1 atom stereocenters. The average molecular weight is 277 g/mol. The summed E-state index contributed by atoms with van der Waals surface area (Å²) in [6.07, 6.45) is 0. The van der Waals surface area contributed by atoms with Gasteiger partial charge in [0, 0.05) is 12.6 Å². The second kappa shape index (κ2) is 5.23. The standard InChI is InChI=1S/C15H23N3O2/c1-9(15(2,3)4)7-17-11-6-12-13(5-10(11)16)20-8-14(19)18-12/h5-6,9,17H,7-8,16H2,1-4H3,(H,18,19). The molecule has 110 valence electrons. The van der Waals surface area contributed by atoms with Gasteiger partial charge in [-0.2, -0.15) is 0 Å². The van der Waals surface area contributed by atoms with Crippen molar-refractivity contribution in [3.8, 4) is 5.75 Å². The fourth-order valence-corrected chi connectivity index (χ4v) is 1.86. The Morgan fingerprint density at radius 3 is 2.80 bits per heavy atom. The minimum Gasteiger partial charge on any atom is -0.482 e. The van der Waals surface area contributed by atoms with Crippen molar-refractivity contribution in [2.24, 2.45) is 11.3 Å². The normalized spacial score (nSPS) is 15.9. The number of hydrogen-bond donors (Lipinski definition) is 3. The Balaban J connectivity index is 2.13. The first kappa shape index (κ1) is 14.5. The zero-order valence-corrected chi connectivity index (χ0v) is 12.5. The van der Waals surface area contributed by atoms with Gasteiger partial charge in [-0.15, -0.1) is 0 Å². The lowest BCUT2D eigenvalue weighted by atomic mass is 9.82. The molecule has 1 amide bonds. The quantitative estimate of drug-likeness (QED) is 0.742. The van der Waals surface area contributed by atoms with Crippen LogP contribution in [0.15, 0.2) is 12.1 Å². The van der Waals surface area contributed by atoms with Crippen molar-refractivity contribution in [1.82, 2.24) is 0 Å². The maximum atomic E-state index is 11.3. The summed E-state index contributed by atoms with van der Waals surface area (Å²) in [5.41, 5.74) is 8.37. The molecular weight excluding hydrogens is 254 g/mol. The molecule has 1 heterocycles. The zero-order valence-electron chi connectivity index (χ0n) is 12.5. The van der Waals surface area contributed by atoms with Crippen LogP contribution in [0.3, 0.4) is 0 Å². The second-order valence-electron chi connectivity index (χ2n) is 6.42. The number of rotatable bonds is 3. The lowest BCUT2D eigenvalue weighted by Gasteiger charge is -2.28. The number of amides is 1. The third kappa shape index (κ3) is 3.15. The summed E-state index contributed by atoms with van der Waals surface area (Å²) in [7, 11) is 0. The smallest absolute Gasteiger partial charge is 0.262 e. The van der Waals surface area contributed by atoms with Gasteiger partial charge < -0.3 is 21.1 Å². The highest BCUT2D eigenvalue weighted by Gasteiger charge is 2.21. The molecule has 20 heavy (non-hydrogen) atoms. The van der Waals surface area contributed by atoms with Crippen molar-refractivity contribution in [2.45, 2.75) is 27.7 Å². The number of benzene rings is 1. The lowest BCUT2D eigenvalue weighted by molar-refractivity contribution is -0.118. The zero-order chi connectivity index (χ0) is 14.9. The summed E-state index contributed by atoms with van der Waals surface area (Å²) in [6, 6.07) is 3.58. The number of ether oxygens (including phenoxy) is 1. The first-order valence-electron chi connectivity index (χ1n) is 6.87. The minimum atomic E-state index is -0.142. The predicted octanol–water partition coefficient (Wildman–Crippen LogP) is 2.69. The van der Waals surface area contributed by atoms with Crippen molar-refractivity contribution >= 4 is 23.0 Å². The molecule has 1 aliphatic rings. The molecule has 0 aliphatic carbocycles. The monoisotopic (exact) mass is 277 g/mol. The Kier molecular flexibility index (Phi) is 3.79. The Bertz CT molecular complexity index is 521. The van der Waals surface area contributed by atoms with Crippen LogP contribution in [-0.2, 0) is 4.79 Å². The van der Waals surface area contributed by atoms with Crippen LogP contribution in [0.25, 0.3) is 0 Å². The summed E-state index contributed by atoms with van der Waals surface area (Å²) in [5, 5.41) is 6.14. The maximum Gasteiger partial charge on any atom is 0.262 e. The van der Waals surface area contributed by atoms with E-state index in [9.17, 15) is 4.79 Å². The Labute approximate surface area is 119 Å². The third-order valence-corrected chi connectivity index (χ3v) is 3.86. The number of nitrogens with one attached hydrogen (secondary N) is 2. The number of fused-ring (bicyclic) bond motifs is 1. The van der Waals surface area contributed by atoms with E-state index < -0.39 is 0 Å². The number of nitrogen functional groups attached to an aromatic ring is 1. The Morgan fingerprint density at radius 2 is 2.15 bits per heavy atom. The summed E-state index contributed by atoms with van der Waals surface area (Å²) in [4.78, 5) is 11.3. The third-order valence-electron chi connectivity index (χ3n) is 3.86. The van der Waals surface area contributed by atoms with Crippen LogP contribution >= 0.6 is 0 Å². The molecule has 1 aromatic rings. The first-order chi connectivity index (χ1) is 9.27. The maximum absolute atomic E-state index is 11.3. The van der Waals surface area contributed by atoms with Crippen molar-refractivity contribution in [3.63, 3.8) is 0 Å². The molecule has 0 bridgehead atoms. The van der Waals surface area contributed by atoms with Crippen LogP contribution in [0, 0.1) is 11.3 Å². The molecule has 4 N–H and O–H groups in total. The second-order valence-corrected chi connectivity index (χ2v) is 6.42. The van der Waals surface area contributed by atoms with Gasteiger partial charge in [0.2, 0.25) is 0 Å². The molecule has 5 nitrogen and oxygen atoms in total. The van der Waals surface area contributed by atoms with Gasteiger partial charge in [-0.3, -0.25) is 4.79 Å². The molecule has 0 spiro atoms. The predicted molar refractivity (Wildman–Crippen MR) is 82.1 cm³/mol. The summed E-state index contributed by atoms with van der Waals surface area (Å²) in [5.74, 6) is 0.969. The molecule has 1 aromatic carbocycles. The largest absolute Gasteiger partial charge is 0.482 e. The molecule has 5 heteroatoms. The summed E-state index contributed by atoms with van der Waals surface area (Å²) < 4.78 is 5.33. The van der Waals surface area contributed by atoms with E-state index in [-0.39, 0.29) is 17.9 Å². The van der Waals surface area contributed by atoms with Crippen LogP contribution in [0.5, 0.6) is 5.75 Å². The highest BCUT2D eigenvalue weighted by Crippen LogP contribution is 2.35. The van der Waals surface area contributed by atoms with Crippen molar-refractivity contribution < 1.29 is 9.53 Å². The lowest BCUT2D eigenvalue weighted by Crippen LogP contribution is -2.26. The Hall–Kier alpha value is -1.91. The molecule has 0 saturated heterocycles. The van der Waals surface area contributed by atoms with Gasteiger partial charge >= 0.3 is 0 Å². The van der Waals surface area contributed by atoms with Gasteiger partial charge in [0.25, 0.3) is 5.91 Å². The van der Waals surface area contributed by atoms with E-state index in [0.717, 1.165) is 12.2 Å². The molecule has 0 saturated carbocycles. The van der Waals surface area contributed by atoms with Crippen molar-refractivity contribution in [3.05, 3.63) is 12.1 Å². The first-order valence-corrected chi connectivity index (χ1v) is 6.87. The van der Waals surface area contributed by atoms with Crippen molar-refractivity contribution in [2.75, 3.05) is 29.5 Å². The number of hydrogen-bond acceptors (Lipinski definition) is 4. The van der Waals surface area contributed by atoms with E-state index in [1.807, 2.05) is 6.07 Å². The number of carbonyl (C=O) groups excluding carboxylic acids is 1. The molecule has 2 rings (SSSR count). The Morgan fingerprint density at radius 1 is 1.45 bits per heavy atom. The van der Waals surface area contributed by atoms with Gasteiger partial charge in [-0.25, -0.2) is 0 Å². The number of anilines is 3. The van der Waals surface area contributed by atoms with Crippen LogP contribution in [-0.4, -0.2) is 19.1 Å². The van der Waals surface area contributed by atoms with E-state index in [2.05, 4.69) is 38.3 Å². The minimum absolute atomic E-state index is 0.0419. The van der Waals surface area contributed by atoms with Gasteiger partial charge in [-0.05, 0) is 17.4 Å². The van der Waals surface area contributed by atoms with Crippen LogP contribution in [0.1, 0.15) is 27.7 Å². The molecule has 1 unspecified atom stereocenters. The van der Waals surface area contributed by atoms with E-state index in [1.54, 1.807) is 6.07 Å². The molecule has 1 aliphatic heterocycles. The van der Waals surface area contributed by atoms with Gasteiger partial charge in [-0.1, -0.05) is 27.7 Å². The molecule has 0 aromatic heterocycles. The molecule has 0 fully saturated rings. The van der Waals surface area contributed by atoms with E-state index >= 15 is 0 Å². The number of carbonyl (C=O) groups is 1. The highest BCUT2D eigenvalue weighted by atomic mass is 16.5. The van der Waals surface area contributed by atoms with Crippen LogP contribution in [0.2, 0.25) is 0 Å². The van der Waals surface area contributed by atoms with Crippen molar-refractivity contribution in [1.29, 1.82) is 0 Å². The highest BCUT2D eigenvalue weighted by molar-refractivity contribution is 5.97. The van der Waals surface area contributed by atoms with Crippen LogP contribution in [0.4, 0.5) is 17.1 Å². The SMILES string of the molecule is CC(CNc1cc2c(cc1N)OCC(=O)N2)C(C)(C)C. The molecular formula is C15H23N3O2. The van der Waals surface area contributed by atoms with Gasteiger partial charge in [0.05, 0.1) is 17.1 Å². The van der Waals surface area contributed by atoms with E-state index in [0.29, 0.717) is 23.0 Å². The summed E-state index contributed by atoms with van der Waals surface area (Å²) >= 11 is 0. The molecule has 0 radical (unpaired) electrons. The fourth-order valence-electron chi connectivity index (χ4n) is 1.86. The summed E-state index contributed by atoms with van der Waals surface area (Å²) in [6.45, 7) is 9.70. The van der Waals surface area contributed by atoms with E-state index in [4.69, 9.17) is 10.5 Å². The van der Waals surface area contributed by atoms with Crippen LogP contribution < -0.4 is 21.1 Å². The fraction of sp³-hybridized carbons (Fsp3) is 0.533. The average Bonchev–Trinajstić information content (AvgIpc) is 2.35. The number of nitrogens with two attached hydrogens (primary N) is 1. The van der Waals surface area contributed by atoms with Gasteiger partial charge in [0.15, 0.2) is 6.61 Å².